The number of pyridine rings is 1. The summed E-state index contributed by atoms with van der Waals surface area (Å²) in [4.78, 5) is 21.9. The van der Waals surface area contributed by atoms with E-state index in [0.29, 0.717) is 11.5 Å². The molecule has 10 heteroatoms. The zero-order chi connectivity index (χ0) is 25.4. The Morgan fingerprint density at radius 1 is 1.23 bits per heavy atom. The van der Waals surface area contributed by atoms with E-state index in [9.17, 15) is 18.0 Å². The molecule has 3 aromatic rings. The summed E-state index contributed by atoms with van der Waals surface area (Å²) in [6, 6.07) is 1.67. The van der Waals surface area contributed by atoms with E-state index in [1.54, 1.807) is 12.3 Å². The molecule has 186 valence electrons. The van der Waals surface area contributed by atoms with Crippen LogP contribution in [-0.2, 0) is 6.42 Å². The first-order valence-electron chi connectivity index (χ1n) is 11.6. The van der Waals surface area contributed by atoms with Crippen molar-refractivity contribution in [1.29, 1.82) is 0 Å². The minimum atomic E-state index is -4.53. The monoisotopic (exact) mass is 486 g/mol. The van der Waals surface area contributed by atoms with E-state index in [2.05, 4.69) is 42.2 Å². The summed E-state index contributed by atoms with van der Waals surface area (Å²) in [5.41, 5.74) is 4.18. The number of aryl methyl sites for hydroxylation is 1. The molecule has 0 unspecified atom stereocenters. The van der Waals surface area contributed by atoms with E-state index < -0.39 is 18.1 Å². The Balaban J connectivity index is 1.66. The summed E-state index contributed by atoms with van der Waals surface area (Å²) in [6.45, 7) is 8.05. The number of amides is 1. The maximum Gasteiger partial charge on any atom is 0.408 e. The van der Waals surface area contributed by atoms with Gasteiger partial charge in [-0.15, -0.1) is 0 Å². The average molecular weight is 487 g/mol. The lowest BCUT2D eigenvalue weighted by atomic mass is 9.97. The first-order valence-corrected chi connectivity index (χ1v) is 11.6. The van der Waals surface area contributed by atoms with Crippen LogP contribution in [0, 0.1) is 5.41 Å². The average Bonchev–Trinajstić information content (AvgIpc) is 3.09. The molecule has 0 saturated carbocycles. The third kappa shape index (κ3) is 5.63. The quantitative estimate of drug-likeness (QED) is 0.529. The number of anilines is 1. The lowest BCUT2D eigenvalue weighted by Gasteiger charge is -2.19. The van der Waals surface area contributed by atoms with Crippen LogP contribution in [0.3, 0.4) is 0 Å². The SMILES string of the molecule is C[C@@H](NC(=O)c1cnn2ccc(C3=CCCCc4nc(NCC(C)(C)C)ncc43)cc12)C(F)(F)F. The summed E-state index contributed by atoms with van der Waals surface area (Å²) in [5, 5.41) is 9.44. The number of alkyl halides is 3. The van der Waals surface area contributed by atoms with Crippen LogP contribution < -0.4 is 10.6 Å². The molecule has 0 saturated heterocycles. The van der Waals surface area contributed by atoms with Gasteiger partial charge in [-0.1, -0.05) is 26.8 Å². The summed E-state index contributed by atoms with van der Waals surface area (Å²) in [7, 11) is 0. The number of fused-ring (bicyclic) bond motifs is 2. The van der Waals surface area contributed by atoms with Gasteiger partial charge >= 0.3 is 6.18 Å². The van der Waals surface area contributed by atoms with Crippen LogP contribution >= 0.6 is 0 Å². The second-order valence-electron chi connectivity index (χ2n) is 10.0. The Bertz CT molecular complexity index is 1270. The van der Waals surface area contributed by atoms with E-state index in [1.165, 1.54) is 10.7 Å². The highest BCUT2D eigenvalue weighted by Gasteiger charge is 2.37. The van der Waals surface area contributed by atoms with E-state index in [1.807, 2.05) is 17.6 Å². The Hall–Kier alpha value is -3.43. The first-order chi connectivity index (χ1) is 16.4. The van der Waals surface area contributed by atoms with Crippen LogP contribution in [0.5, 0.6) is 0 Å². The highest BCUT2D eigenvalue weighted by atomic mass is 19.4. The number of hydrogen-bond acceptors (Lipinski definition) is 5. The van der Waals surface area contributed by atoms with E-state index >= 15 is 0 Å². The van der Waals surface area contributed by atoms with E-state index in [0.717, 1.165) is 55.1 Å². The minimum absolute atomic E-state index is 0.0790. The molecule has 7 nitrogen and oxygen atoms in total. The van der Waals surface area contributed by atoms with E-state index in [-0.39, 0.29) is 11.0 Å². The largest absolute Gasteiger partial charge is 0.408 e. The Morgan fingerprint density at radius 3 is 2.71 bits per heavy atom. The maximum absolute atomic E-state index is 12.9. The second-order valence-corrected chi connectivity index (χ2v) is 10.0. The Labute approximate surface area is 201 Å². The topological polar surface area (TPSA) is 84.2 Å². The van der Waals surface area contributed by atoms with Crippen molar-refractivity contribution >= 4 is 22.9 Å². The van der Waals surface area contributed by atoms with Crippen molar-refractivity contribution in [2.75, 3.05) is 11.9 Å². The van der Waals surface area contributed by atoms with Gasteiger partial charge in [-0.3, -0.25) is 4.79 Å². The van der Waals surface area contributed by atoms with Crippen molar-refractivity contribution in [3.8, 4) is 0 Å². The number of nitrogens with zero attached hydrogens (tertiary/aromatic N) is 4. The Kier molecular flexibility index (Phi) is 6.57. The zero-order valence-electron chi connectivity index (χ0n) is 20.2. The van der Waals surface area contributed by atoms with Crippen molar-refractivity contribution in [2.45, 2.75) is 59.2 Å². The van der Waals surface area contributed by atoms with Gasteiger partial charge in [-0.05, 0) is 54.9 Å². The number of hydrogen-bond donors (Lipinski definition) is 2. The van der Waals surface area contributed by atoms with E-state index in [4.69, 9.17) is 4.98 Å². The fourth-order valence-corrected chi connectivity index (χ4v) is 3.84. The molecule has 0 aliphatic heterocycles. The number of carbonyl (C=O) groups excluding carboxylic acids is 1. The van der Waals surface area contributed by atoms with Gasteiger partial charge in [0.1, 0.15) is 6.04 Å². The van der Waals surface area contributed by atoms with Gasteiger partial charge in [0.05, 0.1) is 23.0 Å². The highest BCUT2D eigenvalue weighted by Crippen LogP contribution is 2.31. The summed E-state index contributed by atoms with van der Waals surface area (Å²) in [6.07, 6.45) is 4.96. The first kappa shape index (κ1) is 24.7. The second kappa shape index (κ2) is 9.31. The van der Waals surface area contributed by atoms with Gasteiger partial charge in [0, 0.05) is 24.5 Å². The predicted molar refractivity (Wildman–Crippen MR) is 128 cm³/mol. The minimum Gasteiger partial charge on any atom is -0.354 e. The number of nitrogens with one attached hydrogen (secondary N) is 2. The van der Waals surface area contributed by atoms with Crippen molar-refractivity contribution in [3.63, 3.8) is 0 Å². The fraction of sp³-hybridized carbons (Fsp3) is 0.440. The molecule has 35 heavy (non-hydrogen) atoms. The van der Waals surface area contributed by atoms with Crippen molar-refractivity contribution in [2.24, 2.45) is 5.41 Å². The third-order valence-electron chi connectivity index (χ3n) is 5.82. The van der Waals surface area contributed by atoms with Crippen LogP contribution in [0.15, 0.2) is 36.8 Å². The highest BCUT2D eigenvalue weighted by molar-refractivity contribution is 6.01. The summed E-state index contributed by atoms with van der Waals surface area (Å²) in [5.74, 6) is -0.237. The zero-order valence-corrected chi connectivity index (χ0v) is 20.2. The third-order valence-corrected chi connectivity index (χ3v) is 5.82. The maximum atomic E-state index is 12.9. The summed E-state index contributed by atoms with van der Waals surface area (Å²) >= 11 is 0. The molecule has 1 aliphatic rings. The number of carbonyl (C=O) groups is 1. The standard InChI is InChI=1S/C25H29F3N6O/c1-15(25(26,27)28)32-22(35)19-13-31-34-10-9-16(11-21(19)34)17-7-5-6-8-20-18(17)12-29-23(33-20)30-14-24(2,3)4/h7,9-13,15H,5-6,8,14H2,1-4H3,(H,32,35)(H,29,30,33)/t15-/m1/s1. The van der Waals surface area contributed by atoms with Crippen LogP contribution in [0.4, 0.5) is 19.1 Å². The molecule has 0 aromatic carbocycles. The molecule has 1 aliphatic carbocycles. The number of halogens is 3. The van der Waals surface area contributed by atoms with Crippen LogP contribution in [0.1, 0.15) is 67.7 Å². The van der Waals surface area contributed by atoms with Crippen LogP contribution in [-0.4, -0.2) is 44.3 Å². The van der Waals surface area contributed by atoms with Gasteiger partial charge in [0.2, 0.25) is 5.95 Å². The van der Waals surface area contributed by atoms with Gasteiger partial charge < -0.3 is 10.6 Å². The smallest absolute Gasteiger partial charge is 0.354 e. The predicted octanol–water partition coefficient (Wildman–Crippen LogP) is 5.03. The lowest BCUT2D eigenvalue weighted by molar-refractivity contribution is -0.149. The molecular formula is C25H29F3N6O. The van der Waals surface area contributed by atoms with Gasteiger partial charge in [0.15, 0.2) is 0 Å². The van der Waals surface area contributed by atoms with Crippen molar-refractivity contribution in [3.05, 3.63) is 59.2 Å². The molecule has 0 fully saturated rings. The molecule has 3 aromatic heterocycles. The number of rotatable bonds is 5. The lowest BCUT2D eigenvalue weighted by Crippen LogP contribution is -2.43. The summed E-state index contributed by atoms with van der Waals surface area (Å²) < 4.78 is 40.3. The van der Waals surface area contributed by atoms with Crippen LogP contribution in [0.25, 0.3) is 11.1 Å². The van der Waals surface area contributed by atoms with Crippen molar-refractivity contribution in [1.82, 2.24) is 24.9 Å². The molecule has 3 heterocycles. The number of allylic oxidation sites excluding steroid dienone is 1. The molecular weight excluding hydrogens is 457 g/mol. The normalized spacial score (nSPS) is 15.2. The Morgan fingerprint density at radius 2 is 2.00 bits per heavy atom. The molecule has 2 N–H and O–H groups in total. The molecule has 4 rings (SSSR count). The number of aromatic nitrogens is 4. The van der Waals surface area contributed by atoms with Crippen molar-refractivity contribution < 1.29 is 18.0 Å². The molecule has 0 radical (unpaired) electrons. The fourth-order valence-electron chi connectivity index (χ4n) is 3.84. The van der Waals surface area contributed by atoms with Crippen LogP contribution in [0.2, 0.25) is 0 Å². The van der Waals surface area contributed by atoms with Gasteiger partial charge in [0.25, 0.3) is 5.91 Å². The van der Waals surface area contributed by atoms with Gasteiger partial charge in [-0.25, -0.2) is 14.5 Å². The molecule has 1 amide bonds. The molecule has 1 atom stereocenters. The molecule has 0 spiro atoms. The molecule has 0 bridgehead atoms. The van der Waals surface area contributed by atoms with Gasteiger partial charge in [-0.2, -0.15) is 18.3 Å².